The quantitative estimate of drug-likeness (QED) is 0.690. The van der Waals surface area contributed by atoms with Gasteiger partial charge in [0.15, 0.2) is 15.9 Å². The summed E-state index contributed by atoms with van der Waals surface area (Å²) in [5, 5.41) is 0. The summed E-state index contributed by atoms with van der Waals surface area (Å²) in [5.74, 6) is -0.887. The van der Waals surface area contributed by atoms with Gasteiger partial charge >= 0.3 is 5.97 Å². The molecule has 2 atom stereocenters. The van der Waals surface area contributed by atoms with Gasteiger partial charge < -0.3 is 14.5 Å². The Balaban J connectivity index is 2.05. The maximum atomic E-state index is 12.7. The highest BCUT2D eigenvalue weighted by Crippen LogP contribution is 2.20. The topological polar surface area (TPSA) is 84.0 Å². The van der Waals surface area contributed by atoms with Gasteiger partial charge in [-0.2, -0.15) is 0 Å². The first-order chi connectivity index (χ1) is 12.1. The van der Waals surface area contributed by atoms with Gasteiger partial charge in [0.25, 0.3) is 5.91 Å². The summed E-state index contributed by atoms with van der Waals surface area (Å²) < 4.78 is 28.7. The fourth-order valence-corrected chi connectivity index (χ4v) is 4.77. The summed E-state index contributed by atoms with van der Waals surface area (Å²) in [6.45, 7) is 3.68. The largest absolute Gasteiger partial charge is 0.449 e. The van der Waals surface area contributed by atoms with Crippen LogP contribution in [0.2, 0.25) is 0 Å². The van der Waals surface area contributed by atoms with Crippen molar-refractivity contribution in [1.82, 2.24) is 4.90 Å². The van der Waals surface area contributed by atoms with Crippen molar-refractivity contribution in [2.24, 2.45) is 0 Å². The van der Waals surface area contributed by atoms with E-state index in [2.05, 4.69) is 0 Å². The number of nitrogens with zero attached hydrogens (tertiary/aromatic N) is 2. The third-order valence-corrected chi connectivity index (χ3v) is 6.25. The van der Waals surface area contributed by atoms with Crippen molar-refractivity contribution in [3.05, 3.63) is 29.8 Å². The van der Waals surface area contributed by atoms with Crippen molar-refractivity contribution in [3.63, 3.8) is 0 Å². The van der Waals surface area contributed by atoms with Crippen LogP contribution in [0.5, 0.6) is 0 Å². The second-order valence-corrected chi connectivity index (χ2v) is 8.90. The Bertz CT molecular complexity index is 776. The van der Waals surface area contributed by atoms with E-state index in [1.807, 2.05) is 25.1 Å². The number of amides is 1. The standard InChI is InChI=1S/C18H26N2O5S/c1-5-20(16-9-10-26(23,24)12-16)17(21)13(2)25-18(22)14-7-6-8-15(11-14)19(3)4/h6-8,11,13,16H,5,9-10,12H2,1-4H3/t13-,16-/m1/s1. The highest BCUT2D eigenvalue weighted by Gasteiger charge is 2.36. The van der Waals surface area contributed by atoms with E-state index in [1.54, 1.807) is 25.1 Å². The second-order valence-electron chi connectivity index (χ2n) is 6.67. The van der Waals surface area contributed by atoms with E-state index < -0.39 is 21.9 Å². The molecule has 0 saturated carbocycles. The number of ether oxygens (including phenoxy) is 1. The Hall–Kier alpha value is -2.09. The van der Waals surface area contributed by atoms with Gasteiger partial charge in [0, 0.05) is 32.4 Å². The average molecular weight is 382 g/mol. The number of esters is 1. The predicted octanol–water partition coefficient (Wildman–Crippen LogP) is 1.33. The summed E-state index contributed by atoms with van der Waals surface area (Å²) in [4.78, 5) is 28.4. The number of carbonyl (C=O) groups is 2. The molecule has 0 aliphatic carbocycles. The molecule has 1 aliphatic rings. The number of anilines is 1. The monoisotopic (exact) mass is 382 g/mol. The van der Waals surface area contributed by atoms with Crippen LogP contribution in [-0.2, 0) is 19.4 Å². The molecule has 1 aromatic rings. The molecule has 26 heavy (non-hydrogen) atoms. The van der Waals surface area contributed by atoms with Gasteiger partial charge in [-0.25, -0.2) is 13.2 Å². The number of benzene rings is 1. The molecule has 1 saturated heterocycles. The van der Waals surface area contributed by atoms with Crippen LogP contribution in [0.3, 0.4) is 0 Å². The average Bonchev–Trinajstić information content (AvgIpc) is 2.95. The van der Waals surface area contributed by atoms with Gasteiger partial charge in [-0.1, -0.05) is 6.07 Å². The van der Waals surface area contributed by atoms with E-state index >= 15 is 0 Å². The van der Waals surface area contributed by atoms with Crippen molar-refractivity contribution in [1.29, 1.82) is 0 Å². The molecule has 1 aromatic carbocycles. The number of carbonyl (C=O) groups excluding carboxylic acids is 2. The lowest BCUT2D eigenvalue weighted by molar-refractivity contribution is -0.141. The van der Waals surface area contributed by atoms with Crippen molar-refractivity contribution < 1.29 is 22.7 Å². The third-order valence-electron chi connectivity index (χ3n) is 4.50. The summed E-state index contributed by atoms with van der Waals surface area (Å²) >= 11 is 0. The number of likely N-dealkylation sites (N-methyl/N-ethyl adjacent to an activating group) is 1. The third kappa shape index (κ3) is 4.75. The fraction of sp³-hybridized carbons (Fsp3) is 0.556. The predicted molar refractivity (Wildman–Crippen MR) is 100 cm³/mol. The van der Waals surface area contributed by atoms with E-state index in [0.29, 0.717) is 18.5 Å². The van der Waals surface area contributed by atoms with Crippen LogP contribution in [0, 0.1) is 0 Å². The lowest BCUT2D eigenvalue weighted by atomic mass is 10.2. The number of hydrogen-bond donors (Lipinski definition) is 0. The Morgan fingerprint density at radius 2 is 2.00 bits per heavy atom. The van der Waals surface area contributed by atoms with Gasteiger partial charge in [0.1, 0.15) is 0 Å². The van der Waals surface area contributed by atoms with E-state index in [0.717, 1.165) is 5.69 Å². The van der Waals surface area contributed by atoms with Gasteiger partial charge in [-0.05, 0) is 38.5 Å². The minimum absolute atomic E-state index is 0.0296. The highest BCUT2D eigenvalue weighted by atomic mass is 32.2. The molecule has 0 spiro atoms. The summed E-state index contributed by atoms with van der Waals surface area (Å²) in [6, 6.07) is 6.59. The summed E-state index contributed by atoms with van der Waals surface area (Å²) in [7, 11) is 0.638. The maximum absolute atomic E-state index is 12.7. The molecule has 1 fully saturated rings. The lowest BCUT2D eigenvalue weighted by Crippen LogP contribution is -2.46. The van der Waals surface area contributed by atoms with E-state index in [1.165, 1.54) is 11.8 Å². The summed E-state index contributed by atoms with van der Waals surface area (Å²) in [6.07, 6.45) is -0.554. The number of hydrogen-bond acceptors (Lipinski definition) is 6. The molecule has 8 heteroatoms. The van der Waals surface area contributed by atoms with Gasteiger partial charge in [0.2, 0.25) is 0 Å². The Kier molecular flexibility index (Phi) is 6.28. The molecule has 1 amide bonds. The fourth-order valence-electron chi connectivity index (χ4n) is 3.04. The van der Waals surface area contributed by atoms with Gasteiger partial charge in [-0.3, -0.25) is 4.79 Å². The Labute approximate surface area is 154 Å². The molecule has 1 heterocycles. The van der Waals surface area contributed by atoms with Crippen molar-refractivity contribution in [2.75, 3.05) is 37.0 Å². The zero-order chi connectivity index (χ0) is 19.5. The normalized spacial score (nSPS) is 19.6. The lowest BCUT2D eigenvalue weighted by Gasteiger charge is -2.29. The van der Waals surface area contributed by atoms with Crippen molar-refractivity contribution in [3.8, 4) is 0 Å². The summed E-state index contributed by atoms with van der Waals surface area (Å²) in [5.41, 5.74) is 1.21. The molecule has 144 valence electrons. The van der Waals surface area contributed by atoms with Crippen LogP contribution in [0.25, 0.3) is 0 Å². The van der Waals surface area contributed by atoms with E-state index in [9.17, 15) is 18.0 Å². The number of rotatable bonds is 6. The number of sulfone groups is 1. The van der Waals surface area contributed by atoms with E-state index in [4.69, 9.17) is 4.74 Å². The molecule has 2 rings (SSSR count). The molecule has 7 nitrogen and oxygen atoms in total. The van der Waals surface area contributed by atoms with Crippen LogP contribution >= 0.6 is 0 Å². The van der Waals surface area contributed by atoms with Crippen LogP contribution in [-0.4, -0.2) is 69.5 Å². The second kappa shape index (κ2) is 8.07. The molecular weight excluding hydrogens is 356 g/mol. The zero-order valence-corrected chi connectivity index (χ0v) is 16.5. The molecule has 0 N–H and O–H groups in total. The SMILES string of the molecule is CCN(C(=O)[C@@H](C)OC(=O)c1cccc(N(C)C)c1)[C@@H]1CCS(=O)(=O)C1. The molecule has 0 bridgehead atoms. The Morgan fingerprint density at radius 3 is 2.54 bits per heavy atom. The van der Waals surface area contributed by atoms with Gasteiger partial charge in [-0.15, -0.1) is 0 Å². The first-order valence-corrected chi connectivity index (χ1v) is 10.5. The first kappa shape index (κ1) is 20.2. The smallest absolute Gasteiger partial charge is 0.338 e. The van der Waals surface area contributed by atoms with Crippen molar-refractivity contribution >= 4 is 27.4 Å². The maximum Gasteiger partial charge on any atom is 0.338 e. The minimum Gasteiger partial charge on any atom is -0.449 e. The minimum atomic E-state index is -3.10. The van der Waals surface area contributed by atoms with Gasteiger partial charge in [0.05, 0.1) is 17.1 Å². The Morgan fingerprint density at radius 1 is 1.31 bits per heavy atom. The van der Waals surface area contributed by atoms with E-state index in [-0.39, 0.29) is 23.5 Å². The molecule has 0 radical (unpaired) electrons. The highest BCUT2D eigenvalue weighted by molar-refractivity contribution is 7.91. The van der Waals surface area contributed by atoms with Crippen LogP contribution in [0.15, 0.2) is 24.3 Å². The van der Waals surface area contributed by atoms with Crippen LogP contribution < -0.4 is 4.90 Å². The molecule has 0 aromatic heterocycles. The zero-order valence-electron chi connectivity index (χ0n) is 15.6. The molecule has 1 aliphatic heterocycles. The van der Waals surface area contributed by atoms with Crippen LogP contribution in [0.1, 0.15) is 30.6 Å². The molecule has 0 unspecified atom stereocenters. The molecular formula is C18H26N2O5S. The first-order valence-electron chi connectivity index (χ1n) is 8.64. The van der Waals surface area contributed by atoms with Crippen molar-refractivity contribution in [2.45, 2.75) is 32.4 Å². The van der Waals surface area contributed by atoms with Crippen LogP contribution in [0.4, 0.5) is 5.69 Å².